The first-order chi connectivity index (χ1) is 25.7. The Kier molecular flexibility index (Phi) is 24.3. The van der Waals surface area contributed by atoms with E-state index in [9.17, 15) is 53.7 Å². The van der Waals surface area contributed by atoms with Gasteiger partial charge in [0.15, 0.2) is 5.96 Å². The minimum atomic E-state index is -1.72. The average molecular weight is 824 g/mol. The highest BCUT2D eigenvalue weighted by Crippen LogP contribution is 2.07. The van der Waals surface area contributed by atoms with Gasteiger partial charge in [-0.05, 0) is 31.1 Å². The summed E-state index contributed by atoms with van der Waals surface area (Å²) >= 11 is 7.86. The third-order valence-corrected chi connectivity index (χ3v) is 8.33. The highest BCUT2D eigenvalue weighted by atomic mass is 32.1. The van der Waals surface area contributed by atoms with Gasteiger partial charge in [-0.2, -0.15) is 25.3 Å². The second kappa shape index (κ2) is 26.4. The monoisotopic (exact) mass is 823 g/mol. The molecule has 22 nitrogen and oxygen atoms in total. The van der Waals surface area contributed by atoms with E-state index in [4.69, 9.17) is 17.2 Å². The second-order valence-corrected chi connectivity index (χ2v) is 13.8. The topological polar surface area (TPSA) is 372 Å². The number of aliphatic hydroxyl groups excluding tert-OH is 2. The number of carboxylic acids is 1. The summed E-state index contributed by atoms with van der Waals surface area (Å²) in [7, 11) is 0. The number of carbonyl (C=O) groups excluding carboxylic acids is 7. The number of nitrogens with zero attached hydrogens (tertiary/aromatic N) is 1. The Balaban J connectivity index is 5.81. The van der Waals surface area contributed by atoms with Crippen LogP contribution < -0.4 is 54.4 Å². The van der Waals surface area contributed by atoms with Gasteiger partial charge in [-0.1, -0.05) is 27.7 Å². The first kappa shape index (κ1) is 50.6. The van der Waals surface area contributed by atoms with Crippen molar-refractivity contribution in [2.24, 2.45) is 34.0 Å². The molecule has 0 fully saturated rings. The molecule has 16 N–H and O–H groups in total. The Labute approximate surface area is 329 Å². The molecule has 7 amide bonds. The molecule has 0 saturated carbocycles. The Morgan fingerprint density at radius 3 is 1.62 bits per heavy atom. The molecule has 55 heavy (non-hydrogen) atoms. The maximum absolute atomic E-state index is 13.3. The van der Waals surface area contributed by atoms with E-state index >= 15 is 0 Å². The Morgan fingerprint density at radius 1 is 0.655 bits per heavy atom. The normalized spacial score (nSPS) is 14.8. The maximum atomic E-state index is 13.3. The number of nitrogens with two attached hydrogens (primary N) is 3. The first-order valence-corrected chi connectivity index (χ1v) is 18.5. The van der Waals surface area contributed by atoms with Crippen molar-refractivity contribution in [1.82, 2.24) is 37.2 Å². The van der Waals surface area contributed by atoms with E-state index in [-0.39, 0.29) is 49.2 Å². The molecule has 24 heteroatoms. The lowest BCUT2D eigenvalue weighted by atomic mass is 10.0. The van der Waals surface area contributed by atoms with E-state index in [0.717, 1.165) is 0 Å². The van der Waals surface area contributed by atoms with Gasteiger partial charge in [-0.25, -0.2) is 4.79 Å². The van der Waals surface area contributed by atoms with Crippen molar-refractivity contribution in [3.63, 3.8) is 0 Å². The van der Waals surface area contributed by atoms with Gasteiger partial charge in [0.2, 0.25) is 41.4 Å². The van der Waals surface area contributed by atoms with Gasteiger partial charge in [-0.3, -0.25) is 38.6 Å². The summed E-state index contributed by atoms with van der Waals surface area (Å²) in [5.41, 5.74) is 16.4. The molecule has 0 aromatic rings. The summed E-state index contributed by atoms with van der Waals surface area (Å²) in [6.45, 7) is 4.17. The molecule has 0 unspecified atom stereocenters. The van der Waals surface area contributed by atoms with Crippen LogP contribution in [0.4, 0.5) is 0 Å². The summed E-state index contributed by atoms with van der Waals surface area (Å²) in [6, 6.07) is -9.44. The molecule has 0 spiro atoms. The number of thiol groups is 2. The molecule has 7 atom stereocenters. The van der Waals surface area contributed by atoms with E-state index < -0.39 is 115 Å². The fourth-order valence-electron chi connectivity index (χ4n) is 4.54. The van der Waals surface area contributed by atoms with E-state index in [1.807, 2.05) is 13.8 Å². The number of carboxylic acid groups (broad SMARTS) is 1. The molecule has 0 aliphatic heterocycles. The molecule has 0 aliphatic carbocycles. The lowest BCUT2D eigenvalue weighted by Crippen LogP contribution is -2.61. The third kappa shape index (κ3) is 19.7. The fourth-order valence-corrected chi connectivity index (χ4v) is 4.95. The number of guanidine groups is 1. The van der Waals surface area contributed by atoms with Crippen molar-refractivity contribution in [1.29, 1.82) is 0 Å². The first-order valence-electron chi connectivity index (χ1n) is 17.3. The lowest BCUT2D eigenvalue weighted by molar-refractivity contribution is -0.142. The van der Waals surface area contributed by atoms with Gasteiger partial charge in [0.1, 0.15) is 36.3 Å². The molecule has 0 aromatic carbocycles. The van der Waals surface area contributed by atoms with Gasteiger partial charge in [0, 0.05) is 18.1 Å². The van der Waals surface area contributed by atoms with Crippen LogP contribution in [0, 0.1) is 11.8 Å². The molecule has 0 saturated heterocycles. The molecule has 314 valence electrons. The van der Waals surface area contributed by atoms with Crippen LogP contribution in [0.25, 0.3) is 0 Å². The number of aliphatic imine (C=N–C) groups is 1. The van der Waals surface area contributed by atoms with Crippen LogP contribution in [-0.4, -0.2) is 149 Å². The largest absolute Gasteiger partial charge is 0.480 e. The van der Waals surface area contributed by atoms with E-state index in [1.54, 1.807) is 13.8 Å². The van der Waals surface area contributed by atoms with Crippen LogP contribution in [-0.2, 0) is 38.4 Å². The van der Waals surface area contributed by atoms with Gasteiger partial charge in [0.25, 0.3) is 0 Å². The third-order valence-electron chi connectivity index (χ3n) is 7.57. The van der Waals surface area contributed by atoms with Crippen LogP contribution in [0.2, 0.25) is 0 Å². The van der Waals surface area contributed by atoms with Crippen LogP contribution in [0.5, 0.6) is 0 Å². The summed E-state index contributed by atoms with van der Waals surface area (Å²) < 4.78 is 0. The molecule has 0 rings (SSSR count). The van der Waals surface area contributed by atoms with Crippen molar-refractivity contribution in [3.8, 4) is 0 Å². The van der Waals surface area contributed by atoms with Gasteiger partial charge in [-0.15, -0.1) is 0 Å². The predicted molar refractivity (Wildman–Crippen MR) is 206 cm³/mol. The second-order valence-electron chi connectivity index (χ2n) is 13.1. The van der Waals surface area contributed by atoms with E-state index in [0.29, 0.717) is 0 Å². The smallest absolute Gasteiger partial charge is 0.327 e. The quantitative estimate of drug-likeness (QED) is 0.0167. The van der Waals surface area contributed by atoms with Crippen LogP contribution in [0.15, 0.2) is 4.99 Å². The number of aliphatic carboxylic acids is 1. The number of carbonyl (C=O) groups is 8. The van der Waals surface area contributed by atoms with E-state index in [2.05, 4.69) is 67.5 Å². The van der Waals surface area contributed by atoms with Crippen molar-refractivity contribution in [3.05, 3.63) is 0 Å². The van der Waals surface area contributed by atoms with Crippen molar-refractivity contribution in [2.75, 3.05) is 37.8 Å². The standard InChI is InChI=1S/C31H57N11O11S2/c1-14(2)8-18(38-24(46)16(32)12-54)25(47)36-9-22(45)37-17(6-5-7-35-31(33)34)26(48)39-19(10-43)27(49)40-20(11-44)28(50)42-23(15(3)4)29(51)41-21(13-55)30(52)53/h14-21,23,43-44,54-55H,5-13,32H2,1-4H3,(H,36,47)(H,37,45)(H,38,46)(H,39,48)(H,40,49)(H,41,51)(H,42,50)(H,52,53)(H4,33,34,35)/t16-,17-,18-,19-,20-,21-,23-/m0/s1. The molecular weight excluding hydrogens is 767 g/mol. The number of hydrogen-bond donors (Lipinski definition) is 15. The summed E-state index contributed by atoms with van der Waals surface area (Å²) in [6.07, 6.45) is 0.270. The molecule has 0 heterocycles. The highest BCUT2D eigenvalue weighted by molar-refractivity contribution is 7.80. The molecule has 0 aromatic heterocycles. The van der Waals surface area contributed by atoms with Crippen LogP contribution >= 0.6 is 25.3 Å². The fraction of sp³-hybridized carbons (Fsp3) is 0.710. The lowest BCUT2D eigenvalue weighted by Gasteiger charge is -2.27. The van der Waals surface area contributed by atoms with Gasteiger partial charge >= 0.3 is 5.97 Å². The maximum Gasteiger partial charge on any atom is 0.327 e. The van der Waals surface area contributed by atoms with Gasteiger partial charge < -0.3 is 69.7 Å². The Morgan fingerprint density at radius 2 is 1.16 bits per heavy atom. The van der Waals surface area contributed by atoms with Crippen LogP contribution in [0.3, 0.4) is 0 Å². The summed E-state index contributed by atoms with van der Waals surface area (Å²) in [5, 5.41) is 45.4. The van der Waals surface area contributed by atoms with Crippen molar-refractivity contribution >= 4 is 78.5 Å². The number of nitrogens with one attached hydrogen (secondary N) is 7. The zero-order chi connectivity index (χ0) is 42.4. The SMILES string of the molecule is CC(C)C[C@H](NC(=O)[C@@H](N)CS)C(=O)NCC(=O)N[C@@H](CCCN=C(N)N)C(=O)N[C@@H](CO)C(=O)N[C@@H](CO)C(=O)N[C@H](C(=O)N[C@@H](CS)C(=O)O)C(C)C. The minimum Gasteiger partial charge on any atom is -0.480 e. The minimum absolute atomic E-state index is 0.0287. The Bertz CT molecular complexity index is 1350. The zero-order valence-electron chi connectivity index (χ0n) is 31.2. The van der Waals surface area contributed by atoms with Crippen molar-refractivity contribution < 1.29 is 53.7 Å². The Hall–Kier alpha value is -4.39. The molecule has 0 aliphatic rings. The summed E-state index contributed by atoms with van der Waals surface area (Å²) in [5.74, 6) is -8.57. The number of aliphatic hydroxyl groups is 2. The average Bonchev–Trinajstić information content (AvgIpc) is 3.12. The highest BCUT2D eigenvalue weighted by Gasteiger charge is 2.33. The predicted octanol–water partition coefficient (Wildman–Crippen LogP) is -5.98. The van der Waals surface area contributed by atoms with Crippen LogP contribution in [0.1, 0.15) is 47.0 Å². The van der Waals surface area contributed by atoms with E-state index in [1.165, 1.54) is 0 Å². The molecule has 0 radical (unpaired) electrons. The number of hydrogen-bond acceptors (Lipinski definition) is 14. The molecule has 0 bridgehead atoms. The zero-order valence-corrected chi connectivity index (χ0v) is 33.0. The summed E-state index contributed by atoms with van der Waals surface area (Å²) in [4.78, 5) is 105. The number of amides is 7. The van der Waals surface area contributed by atoms with Gasteiger partial charge in [0.05, 0.1) is 25.8 Å². The van der Waals surface area contributed by atoms with Crippen molar-refractivity contribution in [2.45, 2.75) is 89.3 Å². The molecular formula is C31H57N11O11S2. The number of rotatable bonds is 26.